The molecule has 0 radical (unpaired) electrons. The van der Waals surface area contributed by atoms with Crippen LogP contribution >= 0.6 is 0 Å². The number of ether oxygens (including phenoxy) is 4. The van der Waals surface area contributed by atoms with E-state index in [-0.39, 0.29) is 64.1 Å². The third kappa shape index (κ3) is 17.1. The summed E-state index contributed by atoms with van der Waals surface area (Å²) in [6, 6.07) is 15.3. The van der Waals surface area contributed by atoms with Gasteiger partial charge in [0.05, 0.1) is 46.0 Å². The maximum Gasteiger partial charge on any atom is 0.331 e. The molecule has 0 fully saturated rings. The number of hydrogen-bond acceptors (Lipinski definition) is 11. The lowest BCUT2D eigenvalue weighted by molar-refractivity contribution is -0.148. The first-order chi connectivity index (χ1) is 29.2. The molecule has 61 heavy (non-hydrogen) atoms. The summed E-state index contributed by atoms with van der Waals surface area (Å²) in [4.78, 5) is 102. The van der Waals surface area contributed by atoms with Gasteiger partial charge in [-0.05, 0) is 31.0 Å². The smallest absolute Gasteiger partial charge is 0.331 e. The van der Waals surface area contributed by atoms with Crippen LogP contribution in [0.4, 0.5) is 0 Å². The summed E-state index contributed by atoms with van der Waals surface area (Å²) in [5.41, 5.74) is 0.830. The summed E-state index contributed by atoms with van der Waals surface area (Å²) in [5, 5.41) is 0. The first-order valence-electron chi connectivity index (χ1n) is 19.8. The lowest BCUT2D eigenvalue weighted by atomic mass is 10.1. The average molecular weight is 849 g/mol. The minimum absolute atomic E-state index is 0.00164. The fourth-order valence-corrected chi connectivity index (χ4v) is 6.05. The van der Waals surface area contributed by atoms with Gasteiger partial charge < -0.3 is 48.3 Å². The zero-order valence-electron chi connectivity index (χ0n) is 36.2. The molecule has 0 aromatic heterocycles. The van der Waals surface area contributed by atoms with Crippen molar-refractivity contribution in [3.05, 3.63) is 72.8 Å². The van der Waals surface area contributed by atoms with Crippen LogP contribution in [0.15, 0.2) is 67.3 Å². The highest BCUT2D eigenvalue weighted by molar-refractivity contribution is 5.92. The fraction of sp³-hybridized carbons (Fsp3) is 0.477. The summed E-state index contributed by atoms with van der Waals surface area (Å²) in [6.07, 6.45) is 7.47. The predicted molar refractivity (Wildman–Crippen MR) is 227 cm³/mol. The molecule has 17 nitrogen and oxygen atoms in total. The van der Waals surface area contributed by atoms with E-state index in [0.29, 0.717) is 12.2 Å². The molecule has 17 heteroatoms. The normalized spacial score (nSPS) is 11.0. The minimum Gasteiger partial charge on any atom is -0.493 e. The van der Waals surface area contributed by atoms with Crippen molar-refractivity contribution in [2.24, 2.45) is 0 Å². The zero-order valence-corrected chi connectivity index (χ0v) is 36.2. The number of rotatable bonds is 27. The molecular weight excluding hydrogens is 789 g/mol. The molecule has 0 spiro atoms. The Morgan fingerprint density at radius 3 is 1.67 bits per heavy atom. The van der Waals surface area contributed by atoms with E-state index in [2.05, 4.69) is 12.5 Å². The molecule has 0 unspecified atom stereocenters. The highest BCUT2D eigenvalue weighted by Crippen LogP contribution is 2.26. The van der Waals surface area contributed by atoms with Gasteiger partial charge >= 0.3 is 5.97 Å². The Hall–Kier alpha value is -6.25. The third-order valence-corrected chi connectivity index (χ3v) is 9.40. The first kappa shape index (κ1) is 50.9. The number of esters is 1. The summed E-state index contributed by atoms with van der Waals surface area (Å²) in [6.45, 7) is 6.09. The van der Waals surface area contributed by atoms with E-state index < -0.39 is 74.3 Å². The molecule has 0 N–H and O–H groups in total. The predicted octanol–water partition coefficient (Wildman–Crippen LogP) is 1.88. The number of methoxy groups -OCH3 is 3. The van der Waals surface area contributed by atoms with Gasteiger partial charge in [-0.1, -0.05) is 61.4 Å². The number of para-hydroxylation sites is 2. The zero-order chi connectivity index (χ0) is 45.3. The number of terminal acetylenes is 1. The number of carbonyl (C=O) groups excluding carboxylic acids is 7. The highest BCUT2D eigenvalue weighted by atomic mass is 16.6. The highest BCUT2D eigenvalue weighted by Gasteiger charge is 2.30. The fourth-order valence-electron chi connectivity index (χ4n) is 6.05. The van der Waals surface area contributed by atoms with E-state index in [1.807, 2.05) is 37.3 Å². The number of carbonyl (C=O) groups is 7. The van der Waals surface area contributed by atoms with Crippen LogP contribution in [-0.4, -0.2) is 177 Å². The van der Waals surface area contributed by atoms with Crippen LogP contribution in [0, 0.1) is 12.3 Å². The van der Waals surface area contributed by atoms with Gasteiger partial charge in [0.25, 0.3) is 0 Å². The lowest BCUT2D eigenvalue weighted by Gasteiger charge is -2.32. The summed E-state index contributed by atoms with van der Waals surface area (Å²) in [5.74, 6) is -1.16. The molecule has 6 amide bonds. The van der Waals surface area contributed by atoms with Gasteiger partial charge in [0.2, 0.25) is 35.4 Å². The molecule has 0 aliphatic carbocycles. The molecule has 0 aliphatic rings. The van der Waals surface area contributed by atoms with Gasteiger partial charge in [-0.2, -0.15) is 0 Å². The van der Waals surface area contributed by atoms with Crippen molar-refractivity contribution in [1.29, 1.82) is 0 Å². The van der Waals surface area contributed by atoms with Crippen molar-refractivity contribution < 1.29 is 52.5 Å². The molecule has 2 rings (SSSR count). The third-order valence-electron chi connectivity index (χ3n) is 9.40. The Morgan fingerprint density at radius 2 is 1.15 bits per heavy atom. The van der Waals surface area contributed by atoms with Crippen LogP contribution in [0.1, 0.15) is 38.8 Å². The quantitative estimate of drug-likeness (QED) is 0.0556. The van der Waals surface area contributed by atoms with Crippen LogP contribution in [0.2, 0.25) is 0 Å². The van der Waals surface area contributed by atoms with E-state index in [9.17, 15) is 33.6 Å². The first-order valence-corrected chi connectivity index (χ1v) is 19.8. The van der Waals surface area contributed by atoms with Gasteiger partial charge in [0.15, 0.2) is 11.5 Å². The van der Waals surface area contributed by atoms with E-state index >= 15 is 0 Å². The van der Waals surface area contributed by atoms with Crippen LogP contribution in [-0.2, 0) is 43.0 Å². The topological polar surface area (TPSA) is 176 Å². The molecule has 0 aliphatic heterocycles. The molecule has 1 atom stereocenters. The van der Waals surface area contributed by atoms with E-state index in [1.54, 1.807) is 31.2 Å². The van der Waals surface area contributed by atoms with Crippen molar-refractivity contribution in [2.45, 2.75) is 33.2 Å². The second-order valence-electron chi connectivity index (χ2n) is 13.8. The van der Waals surface area contributed by atoms with Crippen molar-refractivity contribution in [3.63, 3.8) is 0 Å². The van der Waals surface area contributed by atoms with E-state index in [1.165, 1.54) is 58.8 Å². The van der Waals surface area contributed by atoms with Crippen molar-refractivity contribution in [3.8, 4) is 23.8 Å². The lowest BCUT2D eigenvalue weighted by Crippen LogP contribution is -2.52. The molecule has 0 heterocycles. The second kappa shape index (κ2) is 27.5. The monoisotopic (exact) mass is 848 g/mol. The van der Waals surface area contributed by atoms with Crippen LogP contribution < -0.4 is 9.47 Å². The van der Waals surface area contributed by atoms with Gasteiger partial charge in [-0.15, -0.1) is 13.0 Å². The Balaban J connectivity index is 2.21. The van der Waals surface area contributed by atoms with Crippen molar-refractivity contribution >= 4 is 41.4 Å². The summed E-state index contributed by atoms with van der Waals surface area (Å²) >= 11 is 0. The Morgan fingerprint density at radius 1 is 0.672 bits per heavy atom. The van der Waals surface area contributed by atoms with Crippen LogP contribution in [0.3, 0.4) is 0 Å². The molecular formula is C44H60N6O11. The Labute approximate surface area is 359 Å². The number of benzene rings is 2. The minimum atomic E-state index is -0.760. The van der Waals surface area contributed by atoms with E-state index in [4.69, 9.17) is 25.4 Å². The molecule has 332 valence electrons. The van der Waals surface area contributed by atoms with Crippen LogP contribution in [0.25, 0.3) is 0 Å². The van der Waals surface area contributed by atoms with Crippen molar-refractivity contribution in [1.82, 2.24) is 29.4 Å². The van der Waals surface area contributed by atoms with E-state index in [0.717, 1.165) is 10.5 Å². The molecule has 0 bridgehead atoms. The molecule has 0 saturated heterocycles. The number of amides is 6. The summed E-state index contributed by atoms with van der Waals surface area (Å²) < 4.78 is 21.0. The maximum atomic E-state index is 13.8. The van der Waals surface area contributed by atoms with Crippen LogP contribution in [0.5, 0.6) is 11.5 Å². The van der Waals surface area contributed by atoms with Gasteiger partial charge in [0, 0.05) is 47.3 Å². The van der Waals surface area contributed by atoms with Gasteiger partial charge in [-0.25, -0.2) is 4.79 Å². The SMILES string of the molecule is C#CCN(CC(=O)N(CCOC)CC(=O)Oc1ccccc1OC)C(=O)CN(CCC)C(=O)CN(CC=C)C(=O)CN(CCOC)C(=O)CN(C(C)=O)[C@@H](C)c1ccccc1. The largest absolute Gasteiger partial charge is 0.493 e. The number of hydrogen-bond donors (Lipinski definition) is 0. The number of nitrogens with zero attached hydrogens (tertiary/aromatic N) is 6. The Kier molecular flexibility index (Phi) is 22.9. The molecule has 0 saturated carbocycles. The van der Waals surface area contributed by atoms with Crippen molar-refractivity contribution in [2.75, 3.05) is 107 Å². The second-order valence-corrected chi connectivity index (χ2v) is 13.8. The standard InChI is InChI=1S/C44H60N6O11/c1-9-21-45(28-40(53)47(23-11-3)30-42(55)49(25-27-59-7)33-44(57)61-38-20-16-15-19-37(38)60-8)39(52)29-46(22-10-2)41(54)31-48(24-26-58-6)43(56)32-50(35(5)51)34(4)36-17-13-12-14-18-36/h3,10,12-20,34H,2,9,21-33H2,1,4-8H3/t34-/m0/s1. The molecule has 2 aromatic rings. The average Bonchev–Trinajstić information content (AvgIpc) is 3.24. The maximum absolute atomic E-state index is 13.8. The molecule has 2 aromatic carbocycles. The summed E-state index contributed by atoms with van der Waals surface area (Å²) in [7, 11) is 4.31. The van der Waals surface area contributed by atoms with Gasteiger partial charge in [-0.3, -0.25) is 28.8 Å². The van der Waals surface area contributed by atoms with Gasteiger partial charge in [0.1, 0.15) is 26.2 Å². The Bertz CT molecular complexity index is 1820.